The van der Waals surface area contributed by atoms with Crippen LogP contribution in [-0.2, 0) is 15.7 Å². The summed E-state index contributed by atoms with van der Waals surface area (Å²) in [6.45, 7) is 0.0563. The Bertz CT molecular complexity index is 936. The SMILES string of the molecule is CN(c1ccc(CO[P+](=O)O)cc1)c1cnc2nc(N)nc(N)c2n1. The Hall–Kier alpha value is -2.94. The normalized spacial score (nSPS) is 11.5. The van der Waals surface area contributed by atoms with Crippen LogP contribution >= 0.6 is 8.25 Å². The molecule has 11 heteroatoms. The lowest BCUT2D eigenvalue weighted by Crippen LogP contribution is -2.13. The van der Waals surface area contributed by atoms with Crippen molar-refractivity contribution in [3.63, 3.8) is 0 Å². The molecule has 5 N–H and O–H groups in total. The molecule has 0 spiro atoms. The molecule has 3 aromatic rings. The van der Waals surface area contributed by atoms with Gasteiger partial charge in [0.2, 0.25) is 5.95 Å². The van der Waals surface area contributed by atoms with Gasteiger partial charge in [-0.1, -0.05) is 12.1 Å². The summed E-state index contributed by atoms with van der Waals surface area (Å²) in [5, 5.41) is 0. The van der Waals surface area contributed by atoms with Crippen molar-refractivity contribution in [2.24, 2.45) is 0 Å². The Kier molecular flexibility index (Phi) is 4.66. The maximum atomic E-state index is 10.6. The van der Waals surface area contributed by atoms with E-state index in [9.17, 15) is 4.57 Å². The van der Waals surface area contributed by atoms with Crippen LogP contribution in [-0.4, -0.2) is 31.9 Å². The van der Waals surface area contributed by atoms with Crippen molar-refractivity contribution in [2.45, 2.75) is 6.61 Å². The van der Waals surface area contributed by atoms with Crippen LogP contribution in [0.1, 0.15) is 5.56 Å². The second-order valence-corrected chi connectivity index (χ2v) is 5.84. The minimum atomic E-state index is -2.61. The molecule has 0 aliphatic carbocycles. The van der Waals surface area contributed by atoms with Gasteiger partial charge in [0, 0.05) is 17.3 Å². The Balaban J connectivity index is 1.86. The highest BCUT2D eigenvalue weighted by Gasteiger charge is 2.13. The predicted octanol–water partition coefficient (Wildman–Crippen LogP) is 1.52. The number of hydrogen-bond donors (Lipinski definition) is 3. The van der Waals surface area contributed by atoms with Crippen molar-refractivity contribution in [3.8, 4) is 0 Å². The van der Waals surface area contributed by atoms with Crippen molar-refractivity contribution in [1.29, 1.82) is 0 Å². The average molecular weight is 360 g/mol. The summed E-state index contributed by atoms with van der Waals surface area (Å²) in [5.74, 6) is 0.758. The van der Waals surface area contributed by atoms with E-state index in [0.29, 0.717) is 17.0 Å². The molecule has 0 aliphatic heterocycles. The van der Waals surface area contributed by atoms with Crippen LogP contribution in [0, 0.1) is 0 Å². The smallest absolute Gasteiger partial charge is 0.382 e. The summed E-state index contributed by atoms with van der Waals surface area (Å²) < 4.78 is 15.2. The van der Waals surface area contributed by atoms with Crippen LogP contribution in [0.3, 0.4) is 0 Å². The summed E-state index contributed by atoms with van der Waals surface area (Å²) in [5.41, 5.74) is 13.7. The summed E-state index contributed by atoms with van der Waals surface area (Å²) in [7, 11) is -0.794. The van der Waals surface area contributed by atoms with E-state index in [4.69, 9.17) is 16.4 Å². The maximum Gasteiger partial charge on any atom is 0.695 e. The molecule has 3 rings (SSSR count). The first kappa shape index (κ1) is 16.9. The number of aromatic nitrogens is 4. The first-order chi connectivity index (χ1) is 11.9. The van der Waals surface area contributed by atoms with Crippen molar-refractivity contribution >= 4 is 42.7 Å². The zero-order valence-electron chi connectivity index (χ0n) is 13.2. The Morgan fingerprint density at radius 2 is 1.92 bits per heavy atom. The molecule has 2 aromatic heterocycles. The molecule has 2 heterocycles. The van der Waals surface area contributed by atoms with E-state index in [1.165, 1.54) is 0 Å². The Morgan fingerprint density at radius 1 is 1.20 bits per heavy atom. The molecule has 0 bridgehead atoms. The van der Waals surface area contributed by atoms with Gasteiger partial charge in [-0.25, -0.2) is 9.97 Å². The highest BCUT2D eigenvalue weighted by Crippen LogP contribution is 2.25. The van der Waals surface area contributed by atoms with Crippen molar-refractivity contribution in [3.05, 3.63) is 36.0 Å². The largest absolute Gasteiger partial charge is 0.695 e. The molecule has 0 aliphatic rings. The monoisotopic (exact) mass is 360 g/mol. The molecule has 0 amide bonds. The lowest BCUT2D eigenvalue weighted by Gasteiger charge is -2.18. The standard InChI is InChI=1S/C14H14N7O3P/c1-21(9-4-2-8(3-5-9)7-24-25(22)23)10-6-17-13-11(18-10)12(15)19-14(16)20-13/h2-6H,7H2,1H3,(H4-,15,16,17,19,20,22,23)/p+1. The van der Waals surface area contributed by atoms with Gasteiger partial charge in [0.1, 0.15) is 6.61 Å². The number of nitrogen functional groups attached to an aromatic ring is 2. The number of rotatable bonds is 5. The van der Waals surface area contributed by atoms with Crippen molar-refractivity contribution in [1.82, 2.24) is 19.9 Å². The molecule has 1 unspecified atom stereocenters. The maximum absolute atomic E-state index is 10.6. The van der Waals surface area contributed by atoms with Crippen LogP contribution in [0.5, 0.6) is 0 Å². The number of hydrogen-bond acceptors (Lipinski definition) is 9. The van der Waals surface area contributed by atoms with Crippen molar-refractivity contribution in [2.75, 3.05) is 23.4 Å². The quantitative estimate of drug-likeness (QED) is 0.570. The van der Waals surface area contributed by atoms with Gasteiger partial charge in [0.05, 0.1) is 6.20 Å². The molecule has 10 nitrogen and oxygen atoms in total. The number of benzene rings is 1. The third-order valence-electron chi connectivity index (χ3n) is 3.45. The summed E-state index contributed by atoms with van der Waals surface area (Å²) >= 11 is 0. The summed E-state index contributed by atoms with van der Waals surface area (Å²) in [4.78, 5) is 27.0. The number of fused-ring (bicyclic) bond motifs is 1. The van der Waals surface area contributed by atoms with E-state index in [2.05, 4.69) is 24.5 Å². The lowest BCUT2D eigenvalue weighted by molar-refractivity contribution is 0.272. The topological polar surface area (TPSA) is 153 Å². The van der Waals surface area contributed by atoms with Gasteiger partial charge in [0.15, 0.2) is 22.8 Å². The van der Waals surface area contributed by atoms with Gasteiger partial charge >= 0.3 is 8.25 Å². The zero-order chi connectivity index (χ0) is 18.0. The average Bonchev–Trinajstić information content (AvgIpc) is 2.59. The fourth-order valence-corrected chi connectivity index (χ4v) is 2.44. The zero-order valence-corrected chi connectivity index (χ0v) is 14.1. The van der Waals surface area contributed by atoms with Crippen molar-refractivity contribution < 1.29 is 14.0 Å². The molecular formula is C14H15N7O3P+. The molecule has 0 fully saturated rings. The second-order valence-electron chi connectivity index (χ2n) is 5.10. The van der Waals surface area contributed by atoms with E-state index in [1.807, 2.05) is 19.2 Å². The molecule has 0 saturated heterocycles. The molecule has 25 heavy (non-hydrogen) atoms. The second kappa shape index (κ2) is 6.89. The molecule has 0 radical (unpaired) electrons. The van der Waals surface area contributed by atoms with E-state index in [-0.39, 0.29) is 18.4 Å². The summed E-state index contributed by atoms with van der Waals surface area (Å²) in [6, 6.07) is 7.24. The van der Waals surface area contributed by atoms with Crippen LogP contribution in [0.2, 0.25) is 0 Å². The highest BCUT2D eigenvalue weighted by molar-refractivity contribution is 7.32. The number of nitrogens with zero attached hydrogens (tertiary/aromatic N) is 5. The van der Waals surface area contributed by atoms with Crippen LogP contribution in [0.15, 0.2) is 30.5 Å². The molecule has 1 atom stereocenters. The van der Waals surface area contributed by atoms with E-state index >= 15 is 0 Å². The molecular weight excluding hydrogens is 345 g/mol. The van der Waals surface area contributed by atoms with E-state index < -0.39 is 8.25 Å². The van der Waals surface area contributed by atoms with Crippen LogP contribution in [0.4, 0.5) is 23.3 Å². The summed E-state index contributed by atoms with van der Waals surface area (Å²) in [6.07, 6.45) is 1.56. The van der Waals surface area contributed by atoms with Crippen LogP contribution in [0.25, 0.3) is 11.2 Å². The van der Waals surface area contributed by atoms with Gasteiger partial charge in [-0.05, 0) is 17.7 Å². The van der Waals surface area contributed by atoms with Gasteiger partial charge < -0.3 is 16.4 Å². The molecule has 0 saturated carbocycles. The Morgan fingerprint density at radius 3 is 2.60 bits per heavy atom. The fourth-order valence-electron chi connectivity index (χ4n) is 2.18. The van der Waals surface area contributed by atoms with Gasteiger partial charge in [-0.2, -0.15) is 9.97 Å². The molecule has 128 valence electrons. The van der Waals surface area contributed by atoms with E-state index in [1.54, 1.807) is 23.2 Å². The number of anilines is 4. The third kappa shape index (κ3) is 3.77. The minimum Gasteiger partial charge on any atom is -0.382 e. The first-order valence-electron chi connectivity index (χ1n) is 7.11. The molecule has 1 aromatic carbocycles. The lowest BCUT2D eigenvalue weighted by atomic mass is 10.2. The predicted molar refractivity (Wildman–Crippen MR) is 93.1 cm³/mol. The minimum absolute atomic E-state index is 0.0443. The van der Waals surface area contributed by atoms with Gasteiger partial charge in [0.25, 0.3) is 0 Å². The first-order valence-corrected chi connectivity index (χ1v) is 8.24. The van der Waals surface area contributed by atoms with Crippen LogP contribution < -0.4 is 16.4 Å². The third-order valence-corrected chi connectivity index (χ3v) is 3.80. The highest BCUT2D eigenvalue weighted by atomic mass is 31.1. The number of nitrogens with two attached hydrogens (primary N) is 2. The fraction of sp³-hybridized carbons (Fsp3) is 0.143. The van der Waals surface area contributed by atoms with E-state index in [0.717, 1.165) is 11.3 Å². The van der Waals surface area contributed by atoms with Gasteiger partial charge in [-0.3, -0.25) is 0 Å². The Labute approximate surface area is 143 Å². The van der Waals surface area contributed by atoms with Gasteiger partial charge in [-0.15, -0.1) is 9.42 Å².